The maximum Gasteiger partial charge on any atom is 0.129 e. The second-order valence-electron chi connectivity index (χ2n) is 3.39. The van der Waals surface area contributed by atoms with Crippen molar-refractivity contribution < 1.29 is 10.2 Å². The maximum absolute atomic E-state index is 9.82. The van der Waals surface area contributed by atoms with Gasteiger partial charge in [0.2, 0.25) is 0 Å². The highest BCUT2D eigenvalue weighted by Crippen LogP contribution is 2.23. The van der Waals surface area contributed by atoms with Crippen molar-refractivity contribution in [1.29, 1.82) is 0 Å². The van der Waals surface area contributed by atoms with E-state index in [1.165, 1.54) is 6.20 Å². The van der Waals surface area contributed by atoms with Crippen LogP contribution in [0.4, 0.5) is 0 Å². The summed E-state index contributed by atoms with van der Waals surface area (Å²) in [6.07, 6.45) is 0.183. The number of aliphatic hydroxyl groups is 2. The van der Waals surface area contributed by atoms with Gasteiger partial charge in [-0.1, -0.05) is 11.6 Å². The molecule has 84 valence electrons. The normalized spacial score (nSPS) is 15.0. The fourth-order valence-corrected chi connectivity index (χ4v) is 1.82. The minimum Gasteiger partial charge on any atom is -0.390 e. The zero-order valence-electron chi connectivity index (χ0n) is 8.39. The van der Waals surface area contributed by atoms with Crippen LogP contribution < -0.4 is 0 Å². The highest BCUT2D eigenvalue weighted by atomic mass is 35.5. The largest absolute Gasteiger partial charge is 0.390 e. The van der Waals surface area contributed by atoms with Gasteiger partial charge in [-0.3, -0.25) is 0 Å². The lowest BCUT2D eigenvalue weighted by molar-refractivity contribution is 0.0167. The Morgan fingerprint density at radius 2 is 2.20 bits per heavy atom. The zero-order valence-corrected chi connectivity index (χ0v) is 10.0. The fourth-order valence-electron chi connectivity index (χ4n) is 1.34. The number of thiol groups is 1. The number of aryl methyl sites for hydroxylation is 1. The molecule has 0 aliphatic rings. The van der Waals surface area contributed by atoms with E-state index in [1.807, 2.05) is 6.92 Å². The van der Waals surface area contributed by atoms with Crippen LogP contribution in [-0.4, -0.2) is 27.1 Å². The Kier molecular flexibility index (Phi) is 4.86. The first-order valence-corrected chi connectivity index (χ1v) is 5.66. The predicted molar refractivity (Wildman–Crippen MR) is 63.4 cm³/mol. The van der Waals surface area contributed by atoms with E-state index in [0.29, 0.717) is 22.9 Å². The molecule has 0 aliphatic heterocycles. The van der Waals surface area contributed by atoms with Gasteiger partial charge in [-0.2, -0.15) is 12.6 Å². The van der Waals surface area contributed by atoms with E-state index in [0.717, 1.165) is 5.56 Å². The molecule has 0 fully saturated rings. The molecule has 2 N–H and O–H groups in total. The van der Waals surface area contributed by atoms with Gasteiger partial charge in [0.25, 0.3) is 0 Å². The minimum absolute atomic E-state index is 0.382. The summed E-state index contributed by atoms with van der Waals surface area (Å²) in [6.45, 7) is 1.82. The molecule has 1 heterocycles. The molecule has 1 aromatic rings. The number of halogens is 1. The summed E-state index contributed by atoms with van der Waals surface area (Å²) >= 11 is 9.70. The summed E-state index contributed by atoms with van der Waals surface area (Å²) in [6, 6.07) is 1.66. The Balaban J connectivity index is 2.86. The molecule has 1 aromatic heterocycles. The van der Waals surface area contributed by atoms with E-state index in [4.69, 9.17) is 11.6 Å². The molecule has 0 spiro atoms. The van der Waals surface area contributed by atoms with Gasteiger partial charge < -0.3 is 10.2 Å². The van der Waals surface area contributed by atoms with Gasteiger partial charge in [0.15, 0.2) is 0 Å². The topological polar surface area (TPSA) is 53.4 Å². The molecule has 15 heavy (non-hydrogen) atoms. The lowest BCUT2D eigenvalue weighted by Gasteiger charge is -2.18. The molecule has 0 bridgehead atoms. The van der Waals surface area contributed by atoms with Gasteiger partial charge in [0, 0.05) is 11.8 Å². The molecule has 0 radical (unpaired) electrons. The summed E-state index contributed by atoms with van der Waals surface area (Å²) in [4.78, 5) is 3.88. The Labute approximate surface area is 99.5 Å². The van der Waals surface area contributed by atoms with E-state index in [-0.39, 0.29) is 0 Å². The van der Waals surface area contributed by atoms with E-state index < -0.39 is 12.2 Å². The third kappa shape index (κ3) is 3.34. The average Bonchev–Trinajstić information content (AvgIpc) is 2.17. The molecular weight excluding hydrogens is 234 g/mol. The van der Waals surface area contributed by atoms with Crippen LogP contribution >= 0.6 is 24.2 Å². The van der Waals surface area contributed by atoms with Crippen molar-refractivity contribution >= 4 is 24.2 Å². The Morgan fingerprint density at radius 3 is 2.73 bits per heavy atom. The molecular formula is C10H14ClNO2S. The Bertz CT molecular complexity index is 335. The maximum atomic E-state index is 9.82. The number of hydrogen-bond acceptors (Lipinski definition) is 4. The van der Waals surface area contributed by atoms with Gasteiger partial charge >= 0.3 is 0 Å². The van der Waals surface area contributed by atoms with Crippen LogP contribution in [0.3, 0.4) is 0 Å². The average molecular weight is 248 g/mol. The number of pyridine rings is 1. The van der Waals surface area contributed by atoms with E-state index >= 15 is 0 Å². The molecule has 0 aromatic carbocycles. The van der Waals surface area contributed by atoms with Crippen molar-refractivity contribution in [1.82, 2.24) is 4.98 Å². The first-order valence-electron chi connectivity index (χ1n) is 4.65. The summed E-state index contributed by atoms with van der Waals surface area (Å²) in [7, 11) is 0. The molecule has 5 heteroatoms. The van der Waals surface area contributed by atoms with Gasteiger partial charge in [0.1, 0.15) is 11.3 Å². The minimum atomic E-state index is -0.929. The van der Waals surface area contributed by atoms with Crippen molar-refractivity contribution in [3.8, 4) is 0 Å². The third-order valence-electron chi connectivity index (χ3n) is 2.23. The van der Waals surface area contributed by atoms with Gasteiger partial charge in [-0.25, -0.2) is 4.98 Å². The monoisotopic (exact) mass is 247 g/mol. The molecule has 0 saturated heterocycles. The lowest BCUT2D eigenvalue weighted by Crippen LogP contribution is -2.19. The zero-order chi connectivity index (χ0) is 11.4. The van der Waals surface area contributed by atoms with Crippen LogP contribution in [0, 0.1) is 6.92 Å². The van der Waals surface area contributed by atoms with Gasteiger partial charge in [-0.15, -0.1) is 0 Å². The number of hydrogen-bond donors (Lipinski definition) is 3. The summed E-state index contributed by atoms with van der Waals surface area (Å²) < 4.78 is 0. The van der Waals surface area contributed by atoms with E-state index in [2.05, 4.69) is 17.6 Å². The van der Waals surface area contributed by atoms with Crippen LogP contribution in [-0.2, 0) is 0 Å². The van der Waals surface area contributed by atoms with Gasteiger partial charge in [-0.05, 0) is 30.7 Å². The van der Waals surface area contributed by atoms with E-state index in [9.17, 15) is 10.2 Å². The summed E-state index contributed by atoms with van der Waals surface area (Å²) in [5.74, 6) is 0.526. The highest BCUT2D eigenvalue weighted by molar-refractivity contribution is 7.80. The van der Waals surface area contributed by atoms with Crippen molar-refractivity contribution in [2.75, 3.05) is 5.75 Å². The first kappa shape index (κ1) is 12.8. The van der Waals surface area contributed by atoms with Crippen molar-refractivity contribution in [3.05, 3.63) is 28.5 Å². The van der Waals surface area contributed by atoms with Crippen LogP contribution in [0.2, 0.25) is 5.15 Å². The van der Waals surface area contributed by atoms with Crippen molar-refractivity contribution in [2.45, 2.75) is 25.6 Å². The van der Waals surface area contributed by atoms with Crippen LogP contribution in [0.5, 0.6) is 0 Å². The second-order valence-corrected chi connectivity index (χ2v) is 4.22. The Morgan fingerprint density at radius 1 is 1.53 bits per heavy atom. The van der Waals surface area contributed by atoms with E-state index in [1.54, 1.807) is 6.07 Å². The highest BCUT2D eigenvalue weighted by Gasteiger charge is 2.19. The molecule has 1 rings (SSSR count). The third-order valence-corrected chi connectivity index (χ3v) is 2.69. The SMILES string of the molecule is Cc1cc(Cl)ncc1C(O)C(O)CCS. The molecule has 0 saturated carbocycles. The quantitative estimate of drug-likeness (QED) is 0.561. The second kappa shape index (κ2) is 5.70. The number of nitrogens with zero attached hydrogens (tertiary/aromatic N) is 1. The molecule has 0 aliphatic carbocycles. The van der Waals surface area contributed by atoms with Gasteiger partial charge in [0.05, 0.1) is 6.10 Å². The lowest BCUT2D eigenvalue weighted by atomic mass is 10.0. The summed E-state index contributed by atoms with van der Waals surface area (Å²) in [5, 5.41) is 19.8. The standard InChI is InChI=1S/C10H14ClNO2S/c1-6-4-9(11)12-5-7(6)10(14)8(13)2-3-15/h4-5,8,10,13-15H,2-3H2,1H3. The van der Waals surface area contributed by atoms with Crippen molar-refractivity contribution in [2.24, 2.45) is 0 Å². The predicted octanol–water partition coefficient (Wildman–Crippen LogP) is 1.76. The smallest absolute Gasteiger partial charge is 0.129 e. The number of aliphatic hydroxyl groups excluding tert-OH is 2. The molecule has 2 unspecified atom stereocenters. The molecule has 3 nitrogen and oxygen atoms in total. The molecule has 0 amide bonds. The van der Waals surface area contributed by atoms with Crippen LogP contribution in [0.1, 0.15) is 23.7 Å². The Hall–Kier alpha value is -0.290. The number of aromatic nitrogens is 1. The van der Waals surface area contributed by atoms with Crippen LogP contribution in [0.25, 0.3) is 0 Å². The van der Waals surface area contributed by atoms with Crippen molar-refractivity contribution in [3.63, 3.8) is 0 Å². The van der Waals surface area contributed by atoms with Crippen LogP contribution in [0.15, 0.2) is 12.3 Å². The number of rotatable bonds is 4. The molecule has 2 atom stereocenters. The fraction of sp³-hybridized carbons (Fsp3) is 0.500. The summed E-state index contributed by atoms with van der Waals surface area (Å²) in [5.41, 5.74) is 1.43. The first-order chi connectivity index (χ1) is 7.06.